The molecule has 2 unspecified atom stereocenters. The first-order valence-corrected chi connectivity index (χ1v) is 34.7. The molecule has 7 amide bonds. The Labute approximate surface area is 606 Å². The van der Waals surface area contributed by atoms with Gasteiger partial charge in [-0.25, -0.2) is 17.6 Å². The summed E-state index contributed by atoms with van der Waals surface area (Å²) in [4.78, 5) is 162. The zero-order valence-corrected chi connectivity index (χ0v) is 58.2. The van der Waals surface area contributed by atoms with E-state index in [0.29, 0.717) is 65.4 Å². The third-order valence-corrected chi connectivity index (χ3v) is 18.5. The molecule has 572 valence electrons. The van der Waals surface area contributed by atoms with Crippen LogP contribution in [0, 0.1) is 22.7 Å². The van der Waals surface area contributed by atoms with E-state index in [9.17, 15) is 101 Å². The Bertz CT molecular complexity index is 3730. The van der Waals surface area contributed by atoms with E-state index in [1.54, 1.807) is 73.0 Å². The summed E-state index contributed by atoms with van der Waals surface area (Å²) >= 11 is 0. The van der Waals surface area contributed by atoms with Gasteiger partial charge in [0.15, 0.2) is 0 Å². The number of fused-ring (bicyclic) bond motifs is 2. The minimum Gasteiger partial charge on any atom is -0.494 e. The predicted octanol–water partition coefficient (Wildman–Crippen LogP) is 0.624. The highest BCUT2D eigenvalue weighted by atomic mass is 19.3. The number of nitriles is 2. The van der Waals surface area contributed by atoms with E-state index in [2.05, 4.69) is 31.2 Å². The van der Waals surface area contributed by atoms with Crippen molar-refractivity contribution in [1.29, 1.82) is 10.5 Å². The average molecular weight is 1490 g/mol. The lowest BCUT2D eigenvalue weighted by Crippen LogP contribution is -2.52. The van der Waals surface area contributed by atoms with Crippen molar-refractivity contribution in [2.75, 3.05) is 151 Å². The molecule has 2 aromatic carbocycles. The number of carboxylic acids is 4. The number of pyridine rings is 2. The summed E-state index contributed by atoms with van der Waals surface area (Å²) in [7, 11) is 0. The van der Waals surface area contributed by atoms with Gasteiger partial charge in [-0.3, -0.25) is 87.2 Å². The fourth-order valence-electron chi connectivity index (χ4n) is 13.1. The van der Waals surface area contributed by atoms with Gasteiger partial charge >= 0.3 is 23.9 Å². The predicted molar refractivity (Wildman–Crippen MR) is 366 cm³/mol. The van der Waals surface area contributed by atoms with Gasteiger partial charge in [-0.05, 0) is 87.1 Å². The van der Waals surface area contributed by atoms with Crippen LogP contribution in [0.15, 0.2) is 60.9 Å². The van der Waals surface area contributed by atoms with Gasteiger partial charge in [0, 0.05) is 127 Å². The summed E-state index contributed by atoms with van der Waals surface area (Å²) in [6.45, 7) is -3.42. The number of carbonyl (C=O) groups is 11. The van der Waals surface area contributed by atoms with Crippen LogP contribution in [0.1, 0.15) is 78.5 Å². The van der Waals surface area contributed by atoms with Crippen LogP contribution in [0.2, 0.25) is 0 Å². The molecule has 8 rings (SSSR count). The summed E-state index contributed by atoms with van der Waals surface area (Å²) < 4.78 is 68.0. The maximum Gasteiger partial charge on any atom is 0.320 e. The summed E-state index contributed by atoms with van der Waals surface area (Å²) in [5.41, 5.74) is 1.07. The second-order valence-corrected chi connectivity index (χ2v) is 26.3. The van der Waals surface area contributed by atoms with Gasteiger partial charge in [-0.15, -0.1) is 0 Å². The molecule has 33 nitrogen and oxygen atoms in total. The molecule has 0 spiro atoms. The molecule has 4 aliphatic heterocycles. The fraction of sp³-hybridized carbons (Fsp3) is 0.551. The third-order valence-electron chi connectivity index (χ3n) is 18.5. The first-order chi connectivity index (χ1) is 50.6. The number of hydrogen-bond donors (Lipinski definition) is 8. The smallest absolute Gasteiger partial charge is 0.320 e. The Hall–Kier alpha value is -10.5. The van der Waals surface area contributed by atoms with E-state index >= 15 is 0 Å². The number of amides is 7. The molecular formula is C69H86F4N16O17. The fourth-order valence-corrected chi connectivity index (χ4v) is 13.1. The summed E-state index contributed by atoms with van der Waals surface area (Å²) in [5.74, 6) is -14.9. The topological polar surface area (TPSA) is 435 Å². The molecule has 4 saturated heterocycles. The molecule has 8 N–H and O–H groups in total. The van der Waals surface area contributed by atoms with Crippen LogP contribution < -0.4 is 30.7 Å². The van der Waals surface area contributed by atoms with E-state index in [1.165, 1.54) is 29.4 Å². The summed E-state index contributed by atoms with van der Waals surface area (Å²) in [6.07, 6.45) is 2.76. The van der Waals surface area contributed by atoms with E-state index in [1.807, 2.05) is 0 Å². The number of alkyl halides is 4. The van der Waals surface area contributed by atoms with Crippen LogP contribution in [0.5, 0.6) is 11.5 Å². The number of aromatic nitrogens is 2. The summed E-state index contributed by atoms with van der Waals surface area (Å²) in [5, 5.41) is 69.6. The summed E-state index contributed by atoms with van der Waals surface area (Å²) in [6, 6.07) is 11.4. The zero-order valence-electron chi connectivity index (χ0n) is 58.2. The number of aliphatic carboxylic acids is 4. The standard InChI is InChI=1S/C69H86F4N16O17/c70-68(71)31-46(33-74)88(43-68)60(93)35-80-65(101)50-11-16-76-54-7-5-48(29-52(50)54)105-27-3-1-14-78-57(90)38-87(39-58(91)79-15-2-4-28-106-49-6-8-55-53(30-49)51(12-17-77-55)66(102)81-36-61(94)89-44-69(72,73)32-47(89)34-75)45-13-18-86(37-45)59(92)10-9-56(67(103)104)85-25-23-83(41-63(97)98)21-19-82(40-62(95)96)20-22-84(24-26-85)42-64(99)100/h5-8,11-12,16-17,29-30,45-47,56H,1-4,9-10,13-15,18-28,31-32,35-44H2,(H,78,90)(H,79,91)(H,80,101)(H,81,102)(H,95,96)(H,97,98)(H,99,100)(H,103,104)/t45?,46-,47+,56?. The highest BCUT2D eigenvalue weighted by molar-refractivity contribution is 6.08. The largest absolute Gasteiger partial charge is 0.494 e. The number of likely N-dealkylation sites (tertiary alicyclic amines) is 3. The molecular weight excluding hydrogens is 1400 g/mol. The van der Waals surface area contributed by atoms with Gasteiger partial charge in [0.05, 0.1) is 106 Å². The molecule has 106 heavy (non-hydrogen) atoms. The average Bonchev–Trinajstić information content (AvgIpc) is 1.12. The third kappa shape index (κ3) is 24.3. The van der Waals surface area contributed by atoms with Crippen LogP contribution in [-0.4, -0.2) is 321 Å². The second-order valence-electron chi connectivity index (χ2n) is 26.3. The number of unbranched alkanes of at least 4 members (excludes halogenated alkanes) is 2. The van der Waals surface area contributed by atoms with E-state index < -0.39 is 153 Å². The van der Waals surface area contributed by atoms with Crippen molar-refractivity contribution >= 4 is 87.0 Å². The highest BCUT2D eigenvalue weighted by Gasteiger charge is 2.48. The van der Waals surface area contributed by atoms with Crippen LogP contribution in [0.4, 0.5) is 17.6 Å². The van der Waals surface area contributed by atoms with Crippen molar-refractivity contribution in [3.05, 3.63) is 72.1 Å². The van der Waals surface area contributed by atoms with Crippen LogP contribution in [0.3, 0.4) is 0 Å². The first-order valence-electron chi connectivity index (χ1n) is 34.7. The Kier molecular flexibility index (Phi) is 29.5. The Morgan fingerprint density at radius 2 is 0.991 bits per heavy atom. The SMILES string of the molecule is N#C[C@@H]1CC(F)(F)CN1C(=O)CNC(=O)c1ccnc2ccc(OCCCCNC(=O)CN(CC(=O)NCCCCOc3ccc4nccc(C(=O)NCC(=O)N5CC(F)(F)C[C@@H]5C#N)c4c3)C3CCN(C(=O)CCC(C(=O)O)N4CCN(CC(=O)O)CCN(CC(=O)O)CCN(CC(=O)O)CC4)C3)cc12. The number of hydrogen-bond acceptors (Lipinski definition) is 22. The lowest BCUT2D eigenvalue weighted by atomic mass is 10.1. The first kappa shape index (κ1) is 81.2. The Morgan fingerprint density at radius 3 is 1.40 bits per heavy atom. The van der Waals surface area contributed by atoms with Gasteiger partial charge < -0.3 is 65.9 Å². The molecule has 0 radical (unpaired) electrons. The minimum atomic E-state index is -3.23. The molecule has 37 heteroatoms. The molecule has 0 saturated carbocycles. The van der Waals surface area contributed by atoms with Crippen molar-refractivity contribution < 1.29 is 100 Å². The molecule has 0 aliphatic carbocycles. The highest BCUT2D eigenvalue weighted by Crippen LogP contribution is 2.33. The quantitative estimate of drug-likeness (QED) is 0.0235. The number of carbonyl (C=O) groups excluding carboxylic acids is 7. The number of benzene rings is 2. The van der Waals surface area contributed by atoms with Crippen molar-refractivity contribution in [1.82, 2.24) is 70.4 Å². The van der Waals surface area contributed by atoms with Crippen molar-refractivity contribution in [3.8, 4) is 23.6 Å². The number of nitrogens with one attached hydrogen (secondary N) is 4. The molecule has 4 aromatic rings. The molecule has 4 fully saturated rings. The van der Waals surface area contributed by atoms with Crippen molar-refractivity contribution in [2.45, 2.75) is 93.8 Å². The van der Waals surface area contributed by atoms with Crippen LogP contribution >= 0.6 is 0 Å². The number of nitrogens with zero attached hydrogens (tertiary/aromatic N) is 12. The van der Waals surface area contributed by atoms with Gasteiger partial charge in [0.2, 0.25) is 29.5 Å². The molecule has 6 heterocycles. The maximum atomic E-state index is 14.1. The maximum absolute atomic E-state index is 14.1. The number of ether oxygens (including phenoxy) is 2. The van der Waals surface area contributed by atoms with Gasteiger partial charge in [-0.1, -0.05) is 0 Å². The Balaban J connectivity index is 0.854. The van der Waals surface area contributed by atoms with Crippen molar-refractivity contribution in [2.24, 2.45) is 0 Å². The number of rotatable bonds is 34. The monoisotopic (exact) mass is 1490 g/mol. The van der Waals surface area contributed by atoms with Crippen LogP contribution in [-0.2, 0) is 43.2 Å². The van der Waals surface area contributed by atoms with Crippen molar-refractivity contribution in [3.63, 3.8) is 0 Å². The molecule has 2 aromatic heterocycles. The molecule has 4 atom stereocenters. The van der Waals surface area contributed by atoms with Gasteiger partial charge in [0.25, 0.3) is 23.7 Å². The lowest BCUT2D eigenvalue weighted by Gasteiger charge is -2.35. The normalized spacial score (nSPS) is 19.1. The molecule has 0 bridgehead atoms. The number of halogens is 4. The zero-order chi connectivity index (χ0) is 76.7. The van der Waals surface area contributed by atoms with Gasteiger partial charge in [-0.2, -0.15) is 10.5 Å². The second kappa shape index (κ2) is 38.5. The van der Waals surface area contributed by atoms with Crippen LogP contribution in [0.25, 0.3) is 21.8 Å². The Morgan fingerprint density at radius 1 is 0.566 bits per heavy atom. The van der Waals surface area contributed by atoms with Gasteiger partial charge in [0.1, 0.15) is 29.6 Å². The van der Waals surface area contributed by atoms with E-state index in [-0.39, 0.29) is 135 Å². The molecule has 4 aliphatic rings. The minimum absolute atomic E-state index is 0.00187. The van der Waals surface area contributed by atoms with E-state index in [4.69, 9.17) is 9.47 Å². The number of carboxylic acid groups (broad SMARTS) is 4. The van der Waals surface area contributed by atoms with E-state index in [0.717, 1.165) is 9.80 Å². The lowest BCUT2D eigenvalue weighted by molar-refractivity contribution is -0.145.